The van der Waals surface area contributed by atoms with E-state index < -0.39 is 5.97 Å². The Morgan fingerprint density at radius 1 is 1.07 bits per heavy atom. The first-order chi connectivity index (χ1) is 12.7. The topological polar surface area (TPSA) is 55.4 Å². The van der Waals surface area contributed by atoms with Crippen LogP contribution >= 0.6 is 11.3 Å². The highest BCUT2D eigenvalue weighted by Crippen LogP contribution is 2.33. The first-order valence-electron chi connectivity index (χ1n) is 9.09. The molecule has 144 valence electrons. The predicted octanol–water partition coefficient (Wildman–Crippen LogP) is 5.71. The maximum absolute atomic E-state index is 12.4. The van der Waals surface area contributed by atoms with Crippen LogP contribution in [0.15, 0.2) is 30.3 Å². The molecule has 1 amide bonds. The molecule has 0 unspecified atom stereocenters. The Morgan fingerprint density at radius 2 is 1.70 bits per heavy atom. The first kappa shape index (κ1) is 20.9. The summed E-state index contributed by atoms with van der Waals surface area (Å²) in [6.45, 7) is 11.7. The molecule has 4 nitrogen and oxygen atoms in total. The monoisotopic (exact) mass is 385 g/mol. The second kappa shape index (κ2) is 9.00. The van der Waals surface area contributed by atoms with Crippen LogP contribution < -0.4 is 5.32 Å². The molecule has 0 aliphatic rings. The molecule has 2 rings (SSSR count). The number of ether oxygens (including phenoxy) is 1. The highest BCUT2D eigenvalue weighted by atomic mass is 32.1. The minimum atomic E-state index is -0.407. The van der Waals surface area contributed by atoms with Gasteiger partial charge < -0.3 is 10.1 Å². The van der Waals surface area contributed by atoms with Gasteiger partial charge in [-0.2, -0.15) is 0 Å². The number of hydrogen-bond acceptors (Lipinski definition) is 4. The summed E-state index contributed by atoms with van der Waals surface area (Å²) in [6, 6.07) is 8.11. The van der Waals surface area contributed by atoms with Crippen LogP contribution in [0.5, 0.6) is 0 Å². The molecule has 0 bridgehead atoms. The van der Waals surface area contributed by atoms with Gasteiger partial charge in [-0.1, -0.05) is 38.1 Å². The van der Waals surface area contributed by atoms with Crippen LogP contribution in [0, 0.1) is 13.8 Å². The van der Waals surface area contributed by atoms with Crippen molar-refractivity contribution in [1.82, 2.24) is 0 Å². The van der Waals surface area contributed by atoms with E-state index in [9.17, 15) is 9.59 Å². The molecule has 2 aromatic rings. The van der Waals surface area contributed by atoms with Crippen LogP contribution in [0.3, 0.4) is 0 Å². The highest BCUT2D eigenvalue weighted by Gasteiger charge is 2.22. The average Bonchev–Trinajstić information content (AvgIpc) is 2.86. The Hall–Kier alpha value is -2.40. The van der Waals surface area contributed by atoms with Crippen LogP contribution in [-0.2, 0) is 9.53 Å². The molecule has 1 heterocycles. The van der Waals surface area contributed by atoms with Gasteiger partial charge in [0.2, 0.25) is 5.91 Å². The van der Waals surface area contributed by atoms with Gasteiger partial charge in [0, 0.05) is 11.0 Å². The number of hydrogen-bond donors (Lipinski definition) is 1. The van der Waals surface area contributed by atoms with E-state index in [2.05, 4.69) is 31.3 Å². The molecule has 0 saturated carbocycles. The number of esters is 1. The molecular formula is C22H27NO3S. The zero-order valence-corrected chi connectivity index (χ0v) is 17.6. The van der Waals surface area contributed by atoms with E-state index in [4.69, 9.17) is 4.74 Å². The third kappa shape index (κ3) is 5.54. The Balaban J connectivity index is 2.13. The summed E-state index contributed by atoms with van der Waals surface area (Å²) in [4.78, 5) is 25.7. The van der Waals surface area contributed by atoms with Crippen molar-refractivity contribution in [3.05, 3.63) is 57.5 Å². The summed E-state index contributed by atoms with van der Waals surface area (Å²) in [5.41, 5.74) is 3.49. The number of anilines is 1. The van der Waals surface area contributed by atoms with Gasteiger partial charge in [0.25, 0.3) is 0 Å². The van der Waals surface area contributed by atoms with E-state index in [-0.39, 0.29) is 12.0 Å². The van der Waals surface area contributed by atoms with Gasteiger partial charge in [-0.05, 0) is 56.4 Å². The lowest BCUT2D eigenvalue weighted by Crippen LogP contribution is -2.15. The lowest BCUT2D eigenvalue weighted by molar-refractivity contribution is -0.111. The smallest absolute Gasteiger partial charge is 0.341 e. The maximum Gasteiger partial charge on any atom is 0.341 e. The molecule has 0 aliphatic heterocycles. The van der Waals surface area contributed by atoms with Crippen LogP contribution in [0.2, 0.25) is 0 Å². The summed E-state index contributed by atoms with van der Waals surface area (Å²) in [6.07, 6.45) is 3.03. The number of aryl methyl sites for hydroxylation is 1. The standard InChI is InChI=1S/C22H27NO3S/c1-13(2)18-10-7-17(8-11-18)9-12-19(24)23-21-20(15(5)16(6)27-21)22(25)26-14(3)4/h7-14H,1-6H3,(H,23,24)/b12-9+. The summed E-state index contributed by atoms with van der Waals surface area (Å²) in [5, 5.41) is 3.35. The Kier molecular flexibility index (Phi) is 6.97. The Labute approximate surface area is 165 Å². The molecule has 0 aliphatic carbocycles. The quantitative estimate of drug-likeness (QED) is 0.512. The second-order valence-electron chi connectivity index (χ2n) is 7.09. The van der Waals surface area contributed by atoms with E-state index in [0.29, 0.717) is 16.5 Å². The number of benzene rings is 1. The molecule has 27 heavy (non-hydrogen) atoms. The fourth-order valence-corrected chi connectivity index (χ4v) is 3.60. The first-order valence-corrected chi connectivity index (χ1v) is 9.90. The van der Waals surface area contributed by atoms with Crippen molar-refractivity contribution in [2.45, 2.75) is 53.6 Å². The highest BCUT2D eigenvalue weighted by molar-refractivity contribution is 7.16. The Bertz CT molecular complexity index is 845. The fraction of sp³-hybridized carbons (Fsp3) is 0.364. The van der Waals surface area contributed by atoms with E-state index in [1.54, 1.807) is 19.9 Å². The largest absolute Gasteiger partial charge is 0.459 e. The number of thiophene rings is 1. The SMILES string of the molecule is Cc1sc(NC(=O)/C=C/c2ccc(C(C)C)cc2)c(C(=O)OC(C)C)c1C. The number of carbonyl (C=O) groups is 2. The third-order valence-electron chi connectivity index (χ3n) is 4.20. The molecule has 1 aromatic heterocycles. The molecule has 0 radical (unpaired) electrons. The molecule has 0 fully saturated rings. The zero-order valence-electron chi connectivity index (χ0n) is 16.8. The van der Waals surface area contributed by atoms with E-state index in [1.807, 2.05) is 26.0 Å². The van der Waals surface area contributed by atoms with Crippen molar-refractivity contribution < 1.29 is 14.3 Å². The molecule has 0 saturated heterocycles. The van der Waals surface area contributed by atoms with Crippen molar-refractivity contribution in [2.75, 3.05) is 5.32 Å². The molecule has 0 spiro atoms. The molecule has 1 N–H and O–H groups in total. The summed E-state index contributed by atoms with van der Waals surface area (Å²) >= 11 is 1.38. The van der Waals surface area contributed by atoms with Crippen molar-refractivity contribution in [2.24, 2.45) is 0 Å². The molecular weight excluding hydrogens is 358 g/mol. The number of nitrogens with one attached hydrogen (secondary N) is 1. The van der Waals surface area contributed by atoms with Crippen molar-refractivity contribution in [3.63, 3.8) is 0 Å². The van der Waals surface area contributed by atoms with Gasteiger partial charge >= 0.3 is 5.97 Å². The number of rotatable bonds is 6. The minimum absolute atomic E-state index is 0.214. The van der Waals surface area contributed by atoms with Gasteiger partial charge in [-0.15, -0.1) is 11.3 Å². The number of carbonyl (C=O) groups excluding carboxylic acids is 2. The molecule has 1 aromatic carbocycles. The van der Waals surface area contributed by atoms with Gasteiger partial charge in [0.1, 0.15) is 5.00 Å². The second-order valence-corrected chi connectivity index (χ2v) is 8.31. The zero-order chi connectivity index (χ0) is 20.1. The molecule has 0 atom stereocenters. The summed E-state index contributed by atoms with van der Waals surface area (Å²) in [7, 11) is 0. The van der Waals surface area contributed by atoms with Crippen LogP contribution in [0.25, 0.3) is 6.08 Å². The third-order valence-corrected chi connectivity index (χ3v) is 5.32. The fourth-order valence-electron chi connectivity index (χ4n) is 2.55. The summed E-state index contributed by atoms with van der Waals surface area (Å²) in [5.74, 6) is -0.209. The average molecular weight is 386 g/mol. The van der Waals surface area contributed by atoms with Crippen molar-refractivity contribution in [1.29, 1.82) is 0 Å². The van der Waals surface area contributed by atoms with E-state index in [1.165, 1.54) is 23.0 Å². The van der Waals surface area contributed by atoms with Crippen LogP contribution in [0.4, 0.5) is 5.00 Å². The van der Waals surface area contributed by atoms with E-state index in [0.717, 1.165) is 16.0 Å². The van der Waals surface area contributed by atoms with Gasteiger partial charge in [0.15, 0.2) is 0 Å². The van der Waals surface area contributed by atoms with Crippen LogP contribution in [0.1, 0.15) is 65.5 Å². The molecule has 5 heteroatoms. The lowest BCUT2D eigenvalue weighted by atomic mass is 10.0. The number of amides is 1. The van der Waals surface area contributed by atoms with Crippen molar-refractivity contribution in [3.8, 4) is 0 Å². The Morgan fingerprint density at radius 3 is 2.26 bits per heavy atom. The van der Waals surface area contributed by atoms with E-state index >= 15 is 0 Å². The van der Waals surface area contributed by atoms with Crippen LogP contribution in [-0.4, -0.2) is 18.0 Å². The van der Waals surface area contributed by atoms with Gasteiger partial charge in [-0.3, -0.25) is 4.79 Å². The predicted molar refractivity (Wildman–Crippen MR) is 113 cm³/mol. The maximum atomic E-state index is 12.4. The normalized spacial score (nSPS) is 11.4. The van der Waals surface area contributed by atoms with Crippen molar-refractivity contribution >= 4 is 34.3 Å². The summed E-state index contributed by atoms with van der Waals surface area (Å²) < 4.78 is 5.31. The van der Waals surface area contributed by atoms with Gasteiger partial charge in [0.05, 0.1) is 11.7 Å². The minimum Gasteiger partial charge on any atom is -0.459 e. The lowest BCUT2D eigenvalue weighted by Gasteiger charge is -2.09. The van der Waals surface area contributed by atoms with Gasteiger partial charge in [-0.25, -0.2) is 4.79 Å².